The number of benzene rings is 2. The summed E-state index contributed by atoms with van der Waals surface area (Å²) in [5.41, 5.74) is 1.66. The molecule has 0 radical (unpaired) electrons. The lowest BCUT2D eigenvalue weighted by atomic mass is 10.2. The van der Waals surface area contributed by atoms with Crippen LogP contribution in [0.25, 0.3) is 6.08 Å². The number of para-hydroxylation sites is 2. The number of hydrogen-bond acceptors (Lipinski definition) is 4. The van der Waals surface area contributed by atoms with E-state index < -0.39 is 5.82 Å². The average molecular weight is 370 g/mol. The Labute approximate surface area is 158 Å². The van der Waals surface area contributed by atoms with Crippen LogP contribution < -0.4 is 14.4 Å². The number of piperazine rings is 1. The number of halogens is 1. The van der Waals surface area contributed by atoms with E-state index in [2.05, 4.69) is 4.90 Å². The number of amides is 1. The Morgan fingerprint density at radius 2 is 1.70 bits per heavy atom. The molecule has 1 fully saturated rings. The number of carbonyl (C=O) groups excluding carboxylic acids is 1. The number of carbonyl (C=O) groups is 1. The molecule has 2 aromatic carbocycles. The van der Waals surface area contributed by atoms with E-state index in [1.54, 1.807) is 30.2 Å². The summed E-state index contributed by atoms with van der Waals surface area (Å²) >= 11 is 0. The second-order valence-corrected chi connectivity index (χ2v) is 6.21. The van der Waals surface area contributed by atoms with Crippen LogP contribution >= 0.6 is 0 Å². The Kier molecular flexibility index (Phi) is 5.96. The van der Waals surface area contributed by atoms with E-state index >= 15 is 0 Å². The van der Waals surface area contributed by atoms with Crippen molar-refractivity contribution in [1.29, 1.82) is 0 Å². The van der Waals surface area contributed by atoms with Crippen molar-refractivity contribution >= 4 is 17.7 Å². The average Bonchev–Trinajstić information content (AvgIpc) is 2.72. The maximum absolute atomic E-state index is 13.7. The summed E-state index contributed by atoms with van der Waals surface area (Å²) in [7, 11) is 3.08. The molecule has 0 unspecified atom stereocenters. The van der Waals surface area contributed by atoms with Crippen molar-refractivity contribution in [2.45, 2.75) is 0 Å². The van der Waals surface area contributed by atoms with Crippen LogP contribution in [-0.2, 0) is 4.79 Å². The van der Waals surface area contributed by atoms with Crippen LogP contribution in [0.1, 0.15) is 5.56 Å². The smallest absolute Gasteiger partial charge is 0.246 e. The van der Waals surface area contributed by atoms with Crippen LogP contribution in [0.2, 0.25) is 0 Å². The van der Waals surface area contributed by atoms with Crippen molar-refractivity contribution in [3.05, 3.63) is 59.9 Å². The molecule has 5 nitrogen and oxygen atoms in total. The summed E-state index contributed by atoms with van der Waals surface area (Å²) in [6.07, 6.45) is 3.11. The van der Waals surface area contributed by atoms with Gasteiger partial charge in [0.1, 0.15) is 5.75 Å². The lowest BCUT2D eigenvalue weighted by Gasteiger charge is -2.36. The van der Waals surface area contributed by atoms with Crippen molar-refractivity contribution in [2.75, 3.05) is 45.3 Å². The van der Waals surface area contributed by atoms with E-state index in [1.807, 2.05) is 24.3 Å². The Morgan fingerprint density at radius 1 is 1.00 bits per heavy atom. The molecule has 27 heavy (non-hydrogen) atoms. The van der Waals surface area contributed by atoms with Gasteiger partial charge in [0, 0.05) is 32.3 Å². The molecule has 0 atom stereocenters. The second kappa shape index (κ2) is 8.58. The SMILES string of the molecule is COc1ccc(/C=C/C(=O)N2CCN(c3ccccc3OC)CC2)cc1F. The molecule has 0 aromatic heterocycles. The number of methoxy groups -OCH3 is 2. The first-order valence-corrected chi connectivity index (χ1v) is 8.81. The molecule has 1 amide bonds. The van der Waals surface area contributed by atoms with Crippen molar-refractivity contribution in [1.82, 2.24) is 4.90 Å². The second-order valence-electron chi connectivity index (χ2n) is 6.21. The van der Waals surface area contributed by atoms with Gasteiger partial charge in [-0.05, 0) is 35.9 Å². The van der Waals surface area contributed by atoms with Gasteiger partial charge >= 0.3 is 0 Å². The van der Waals surface area contributed by atoms with Gasteiger partial charge in [-0.2, -0.15) is 0 Å². The molecule has 0 aliphatic carbocycles. The first kappa shape index (κ1) is 18.8. The minimum absolute atomic E-state index is 0.0779. The van der Waals surface area contributed by atoms with Gasteiger partial charge in [-0.25, -0.2) is 4.39 Å². The number of rotatable bonds is 5. The lowest BCUT2D eigenvalue weighted by Crippen LogP contribution is -2.48. The quantitative estimate of drug-likeness (QED) is 0.758. The minimum atomic E-state index is -0.447. The summed E-state index contributed by atoms with van der Waals surface area (Å²) in [6, 6.07) is 12.5. The van der Waals surface area contributed by atoms with Gasteiger partial charge < -0.3 is 19.3 Å². The Balaban J connectivity index is 1.59. The fraction of sp³-hybridized carbons (Fsp3) is 0.286. The molecule has 0 bridgehead atoms. The van der Waals surface area contributed by atoms with E-state index in [0.717, 1.165) is 24.5 Å². The normalized spacial score (nSPS) is 14.5. The number of anilines is 1. The summed E-state index contributed by atoms with van der Waals surface area (Å²) < 4.78 is 24.0. The molecular weight excluding hydrogens is 347 g/mol. The molecule has 1 saturated heterocycles. The Morgan fingerprint density at radius 3 is 2.37 bits per heavy atom. The summed E-state index contributed by atoms with van der Waals surface area (Å²) in [4.78, 5) is 16.4. The highest BCUT2D eigenvalue weighted by molar-refractivity contribution is 5.92. The van der Waals surface area contributed by atoms with E-state index in [-0.39, 0.29) is 11.7 Å². The fourth-order valence-electron chi connectivity index (χ4n) is 3.12. The number of nitrogens with zero attached hydrogens (tertiary/aromatic N) is 2. The van der Waals surface area contributed by atoms with Crippen LogP contribution in [0.15, 0.2) is 48.5 Å². The molecule has 142 valence electrons. The Hall–Kier alpha value is -3.02. The van der Waals surface area contributed by atoms with Gasteiger partial charge in [0.15, 0.2) is 11.6 Å². The highest BCUT2D eigenvalue weighted by Gasteiger charge is 2.21. The zero-order valence-electron chi connectivity index (χ0n) is 15.5. The largest absolute Gasteiger partial charge is 0.495 e. The van der Waals surface area contributed by atoms with Crippen LogP contribution in [0, 0.1) is 5.82 Å². The monoisotopic (exact) mass is 370 g/mol. The van der Waals surface area contributed by atoms with Crippen LogP contribution in [0.3, 0.4) is 0 Å². The van der Waals surface area contributed by atoms with Gasteiger partial charge in [0.05, 0.1) is 19.9 Å². The van der Waals surface area contributed by atoms with Crippen molar-refractivity contribution in [3.8, 4) is 11.5 Å². The first-order valence-electron chi connectivity index (χ1n) is 8.81. The standard InChI is InChI=1S/C21H23FN2O3/c1-26-19-9-7-16(15-17(19)22)8-10-21(25)24-13-11-23(12-14-24)18-5-3-4-6-20(18)27-2/h3-10,15H,11-14H2,1-2H3/b10-8+. The number of hydrogen-bond donors (Lipinski definition) is 0. The lowest BCUT2D eigenvalue weighted by molar-refractivity contribution is -0.126. The van der Waals surface area contributed by atoms with E-state index in [1.165, 1.54) is 19.3 Å². The highest BCUT2D eigenvalue weighted by Crippen LogP contribution is 2.28. The zero-order chi connectivity index (χ0) is 19.2. The molecule has 1 aliphatic heterocycles. The third kappa shape index (κ3) is 4.39. The molecule has 0 saturated carbocycles. The van der Waals surface area contributed by atoms with E-state index in [4.69, 9.17) is 9.47 Å². The molecule has 0 N–H and O–H groups in total. The first-order chi connectivity index (χ1) is 13.1. The highest BCUT2D eigenvalue weighted by atomic mass is 19.1. The Bertz CT molecular complexity index is 830. The third-order valence-electron chi connectivity index (χ3n) is 4.61. The maximum atomic E-state index is 13.7. The molecule has 0 spiro atoms. The predicted octanol–water partition coefficient (Wildman–Crippen LogP) is 3.20. The minimum Gasteiger partial charge on any atom is -0.495 e. The predicted molar refractivity (Wildman–Crippen MR) is 104 cm³/mol. The van der Waals surface area contributed by atoms with Gasteiger partial charge in [0.2, 0.25) is 5.91 Å². The van der Waals surface area contributed by atoms with Gasteiger partial charge in [0.25, 0.3) is 0 Å². The maximum Gasteiger partial charge on any atom is 0.246 e. The molecule has 3 rings (SSSR count). The van der Waals surface area contributed by atoms with Gasteiger partial charge in [-0.15, -0.1) is 0 Å². The van der Waals surface area contributed by atoms with Gasteiger partial charge in [-0.3, -0.25) is 4.79 Å². The summed E-state index contributed by atoms with van der Waals surface area (Å²) in [6.45, 7) is 2.71. The topological polar surface area (TPSA) is 42.0 Å². The molecule has 2 aromatic rings. The molecule has 6 heteroatoms. The fourth-order valence-corrected chi connectivity index (χ4v) is 3.12. The summed E-state index contributed by atoms with van der Waals surface area (Å²) in [5, 5.41) is 0. The van der Waals surface area contributed by atoms with Crippen LogP contribution in [0.4, 0.5) is 10.1 Å². The molecular formula is C21H23FN2O3. The zero-order valence-corrected chi connectivity index (χ0v) is 15.5. The third-order valence-corrected chi connectivity index (χ3v) is 4.61. The van der Waals surface area contributed by atoms with Crippen LogP contribution in [0.5, 0.6) is 11.5 Å². The van der Waals surface area contributed by atoms with E-state index in [9.17, 15) is 9.18 Å². The molecule has 1 heterocycles. The van der Waals surface area contributed by atoms with Crippen LogP contribution in [-0.4, -0.2) is 51.2 Å². The van der Waals surface area contributed by atoms with Gasteiger partial charge in [-0.1, -0.05) is 18.2 Å². The van der Waals surface area contributed by atoms with Crippen molar-refractivity contribution < 1.29 is 18.7 Å². The van der Waals surface area contributed by atoms with Crippen molar-refractivity contribution in [2.24, 2.45) is 0 Å². The molecule has 1 aliphatic rings. The summed E-state index contributed by atoms with van der Waals surface area (Å²) in [5.74, 6) is 0.494. The van der Waals surface area contributed by atoms with E-state index in [0.29, 0.717) is 18.7 Å². The van der Waals surface area contributed by atoms with Crippen molar-refractivity contribution in [3.63, 3.8) is 0 Å². The number of ether oxygens (including phenoxy) is 2.